The predicted molar refractivity (Wildman–Crippen MR) is 81.9 cm³/mol. The number of hydrogen-bond acceptors (Lipinski definition) is 3. The maximum Gasteiger partial charge on any atom is 0.0574 e. The van der Waals surface area contributed by atoms with E-state index >= 15 is 0 Å². The molecule has 3 N–H and O–H groups in total. The van der Waals surface area contributed by atoms with E-state index in [1.165, 1.54) is 19.5 Å². The minimum absolute atomic E-state index is 0.660. The molecule has 1 atom stereocenters. The maximum atomic E-state index is 5.98. The molecule has 0 aromatic heterocycles. The lowest BCUT2D eigenvalue weighted by Gasteiger charge is -2.20. The van der Waals surface area contributed by atoms with Crippen molar-refractivity contribution in [2.24, 2.45) is 5.92 Å². The summed E-state index contributed by atoms with van der Waals surface area (Å²) in [7, 11) is 0. The SMILES string of the molecule is CC(C)N1CCC(CNc2ccc(Br)cc2N)C1. The quantitative estimate of drug-likeness (QED) is 0.839. The van der Waals surface area contributed by atoms with Crippen LogP contribution in [-0.2, 0) is 0 Å². The molecule has 0 bridgehead atoms. The third kappa shape index (κ3) is 3.39. The number of nitrogens with two attached hydrogens (primary N) is 1. The second-order valence-corrected chi connectivity index (χ2v) is 6.27. The number of hydrogen-bond donors (Lipinski definition) is 2. The molecule has 2 rings (SSSR count). The zero-order chi connectivity index (χ0) is 13.1. The first-order valence-corrected chi connectivity index (χ1v) is 7.38. The van der Waals surface area contributed by atoms with Crippen LogP contribution < -0.4 is 11.1 Å². The van der Waals surface area contributed by atoms with E-state index < -0.39 is 0 Å². The molecule has 1 aromatic carbocycles. The van der Waals surface area contributed by atoms with Gasteiger partial charge in [0, 0.05) is 23.6 Å². The predicted octanol–water partition coefficient (Wildman–Crippen LogP) is 3.17. The Morgan fingerprint density at radius 1 is 1.50 bits per heavy atom. The Labute approximate surface area is 118 Å². The highest BCUT2D eigenvalue weighted by Crippen LogP contribution is 2.24. The number of benzene rings is 1. The van der Waals surface area contributed by atoms with Crippen LogP contribution in [0.5, 0.6) is 0 Å². The van der Waals surface area contributed by atoms with Gasteiger partial charge in [0.15, 0.2) is 0 Å². The van der Waals surface area contributed by atoms with Gasteiger partial charge in [0.25, 0.3) is 0 Å². The highest BCUT2D eigenvalue weighted by atomic mass is 79.9. The van der Waals surface area contributed by atoms with Crippen molar-refractivity contribution in [2.45, 2.75) is 26.3 Å². The largest absolute Gasteiger partial charge is 0.397 e. The third-order valence-corrected chi connectivity index (χ3v) is 4.14. The fourth-order valence-corrected chi connectivity index (χ4v) is 2.83. The Kier molecular flexibility index (Phi) is 4.51. The number of nitrogens with zero attached hydrogens (tertiary/aromatic N) is 1. The maximum absolute atomic E-state index is 5.98. The molecule has 0 spiro atoms. The minimum atomic E-state index is 0.660. The highest BCUT2D eigenvalue weighted by Gasteiger charge is 2.23. The summed E-state index contributed by atoms with van der Waals surface area (Å²) in [4.78, 5) is 2.54. The number of halogens is 1. The molecule has 18 heavy (non-hydrogen) atoms. The van der Waals surface area contributed by atoms with Crippen LogP contribution >= 0.6 is 15.9 Å². The Bertz CT molecular complexity index is 406. The highest BCUT2D eigenvalue weighted by molar-refractivity contribution is 9.10. The summed E-state index contributed by atoms with van der Waals surface area (Å²) in [6.45, 7) is 7.96. The molecular formula is C14H22BrN3. The number of nitrogens with one attached hydrogen (secondary N) is 1. The van der Waals surface area contributed by atoms with E-state index in [1.54, 1.807) is 0 Å². The Morgan fingerprint density at radius 2 is 2.28 bits per heavy atom. The lowest BCUT2D eigenvalue weighted by Crippen LogP contribution is -2.29. The molecular weight excluding hydrogens is 290 g/mol. The van der Waals surface area contributed by atoms with Gasteiger partial charge in [0.05, 0.1) is 11.4 Å². The van der Waals surface area contributed by atoms with Crippen molar-refractivity contribution in [3.63, 3.8) is 0 Å². The van der Waals surface area contributed by atoms with Gasteiger partial charge in [-0.2, -0.15) is 0 Å². The van der Waals surface area contributed by atoms with Crippen molar-refractivity contribution in [3.8, 4) is 0 Å². The summed E-state index contributed by atoms with van der Waals surface area (Å²) in [5.74, 6) is 0.732. The standard InChI is InChI=1S/C14H22BrN3/c1-10(2)18-6-5-11(9-18)8-17-14-4-3-12(15)7-13(14)16/h3-4,7,10-11,17H,5-6,8-9,16H2,1-2H3. The molecule has 1 aromatic rings. The van der Waals surface area contributed by atoms with Crippen LogP contribution in [-0.4, -0.2) is 30.6 Å². The zero-order valence-electron chi connectivity index (χ0n) is 11.1. The molecule has 0 radical (unpaired) electrons. The van der Waals surface area contributed by atoms with Gasteiger partial charge in [0.1, 0.15) is 0 Å². The molecule has 1 heterocycles. The first kappa shape index (κ1) is 13.7. The summed E-state index contributed by atoms with van der Waals surface area (Å²) in [6.07, 6.45) is 1.28. The number of rotatable bonds is 4. The van der Waals surface area contributed by atoms with Gasteiger partial charge < -0.3 is 16.0 Å². The number of likely N-dealkylation sites (tertiary alicyclic amines) is 1. The lowest BCUT2D eigenvalue weighted by molar-refractivity contribution is 0.266. The smallest absolute Gasteiger partial charge is 0.0574 e. The Balaban J connectivity index is 1.85. The molecule has 0 amide bonds. The lowest BCUT2D eigenvalue weighted by atomic mass is 10.1. The average Bonchev–Trinajstić information content (AvgIpc) is 2.76. The van der Waals surface area contributed by atoms with E-state index in [-0.39, 0.29) is 0 Å². The van der Waals surface area contributed by atoms with Crippen molar-refractivity contribution in [2.75, 3.05) is 30.7 Å². The molecule has 1 unspecified atom stereocenters. The summed E-state index contributed by atoms with van der Waals surface area (Å²) in [6, 6.07) is 6.66. The van der Waals surface area contributed by atoms with Gasteiger partial charge in [0.2, 0.25) is 0 Å². The van der Waals surface area contributed by atoms with Crippen molar-refractivity contribution >= 4 is 27.3 Å². The van der Waals surface area contributed by atoms with Crippen molar-refractivity contribution in [1.82, 2.24) is 4.90 Å². The summed E-state index contributed by atoms with van der Waals surface area (Å²) in [5, 5.41) is 3.47. The average molecular weight is 312 g/mol. The molecule has 0 saturated carbocycles. The van der Waals surface area contributed by atoms with Crippen molar-refractivity contribution in [1.29, 1.82) is 0 Å². The van der Waals surface area contributed by atoms with Crippen LogP contribution in [0.3, 0.4) is 0 Å². The number of anilines is 2. The summed E-state index contributed by atoms with van der Waals surface area (Å²) >= 11 is 3.42. The molecule has 0 aliphatic carbocycles. The van der Waals surface area contributed by atoms with Crippen LogP contribution in [0.4, 0.5) is 11.4 Å². The monoisotopic (exact) mass is 311 g/mol. The van der Waals surface area contributed by atoms with Gasteiger partial charge in [-0.25, -0.2) is 0 Å². The zero-order valence-corrected chi connectivity index (χ0v) is 12.7. The first-order chi connectivity index (χ1) is 8.56. The van der Waals surface area contributed by atoms with Crippen LogP contribution in [0.25, 0.3) is 0 Å². The van der Waals surface area contributed by atoms with Crippen molar-refractivity contribution in [3.05, 3.63) is 22.7 Å². The summed E-state index contributed by atoms with van der Waals surface area (Å²) in [5.41, 5.74) is 7.83. The fourth-order valence-electron chi connectivity index (χ4n) is 2.45. The minimum Gasteiger partial charge on any atom is -0.397 e. The van der Waals surface area contributed by atoms with Gasteiger partial charge in [-0.3, -0.25) is 0 Å². The van der Waals surface area contributed by atoms with Crippen LogP contribution in [0.1, 0.15) is 20.3 Å². The molecule has 1 saturated heterocycles. The van der Waals surface area contributed by atoms with E-state index in [0.29, 0.717) is 6.04 Å². The number of nitrogen functional groups attached to an aromatic ring is 1. The summed E-state index contributed by atoms with van der Waals surface area (Å²) < 4.78 is 1.03. The van der Waals surface area contributed by atoms with Gasteiger partial charge in [-0.1, -0.05) is 15.9 Å². The molecule has 3 nitrogen and oxygen atoms in total. The van der Waals surface area contributed by atoms with E-state index in [2.05, 4.69) is 40.0 Å². The van der Waals surface area contributed by atoms with Crippen molar-refractivity contribution < 1.29 is 0 Å². The Hall–Kier alpha value is -0.740. The van der Waals surface area contributed by atoms with Crippen LogP contribution in [0, 0.1) is 5.92 Å². The second kappa shape index (κ2) is 5.93. The van der Waals surface area contributed by atoms with Gasteiger partial charge in [-0.05, 0) is 50.9 Å². The van der Waals surface area contributed by atoms with Crippen LogP contribution in [0.15, 0.2) is 22.7 Å². The third-order valence-electron chi connectivity index (χ3n) is 3.64. The molecule has 1 aliphatic rings. The first-order valence-electron chi connectivity index (χ1n) is 6.59. The van der Waals surface area contributed by atoms with E-state index in [4.69, 9.17) is 5.73 Å². The second-order valence-electron chi connectivity index (χ2n) is 5.36. The fraction of sp³-hybridized carbons (Fsp3) is 0.571. The molecule has 1 fully saturated rings. The Morgan fingerprint density at radius 3 is 2.89 bits per heavy atom. The van der Waals surface area contributed by atoms with E-state index in [0.717, 1.165) is 28.3 Å². The molecule has 100 valence electrons. The topological polar surface area (TPSA) is 41.3 Å². The van der Waals surface area contributed by atoms with E-state index in [1.807, 2.05) is 18.2 Å². The molecule has 4 heteroatoms. The van der Waals surface area contributed by atoms with Gasteiger partial charge in [-0.15, -0.1) is 0 Å². The van der Waals surface area contributed by atoms with E-state index in [9.17, 15) is 0 Å². The van der Waals surface area contributed by atoms with Crippen LogP contribution in [0.2, 0.25) is 0 Å². The normalized spacial score (nSPS) is 20.6. The van der Waals surface area contributed by atoms with Gasteiger partial charge >= 0.3 is 0 Å². The molecule has 1 aliphatic heterocycles.